The van der Waals surface area contributed by atoms with Crippen molar-refractivity contribution >= 4 is 6.03 Å². The Morgan fingerprint density at radius 3 is 2.50 bits per heavy atom. The normalized spacial score (nSPS) is 26.1. The molecule has 18 heavy (non-hydrogen) atoms. The maximum absolute atomic E-state index is 12.1. The van der Waals surface area contributed by atoms with Crippen LogP contribution in [-0.2, 0) is 0 Å². The van der Waals surface area contributed by atoms with Crippen molar-refractivity contribution in [3.8, 4) is 0 Å². The summed E-state index contributed by atoms with van der Waals surface area (Å²) in [5.41, 5.74) is 0. The highest BCUT2D eigenvalue weighted by molar-refractivity contribution is 5.74. The second-order valence-corrected chi connectivity index (χ2v) is 5.51. The van der Waals surface area contributed by atoms with Crippen LogP contribution < -0.4 is 5.32 Å². The number of rotatable bonds is 3. The maximum Gasteiger partial charge on any atom is 0.317 e. The third-order valence-corrected chi connectivity index (χ3v) is 4.29. The summed E-state index contributed by atoms with van der Waals surface area (Å²) < 4.78 is 0. The van der Waals surface area contributed by atoms with Crippen molar-refractivity contribution in [2.24, 2.45) is 0 Å². The van der Waals surface area contributed by atoms with Gasteiger partial charge in [-0.3, -0.25) is 4.90 Å². The molecule has 1 unspecified atom stereocenters. The van der Waals surface area contributed by atoms with Crippen molar-refractivity contribution in [1.82, 2.24) is 15.1 Å². The van der Waals surface area contributed by atoms with Gasteiger partial charge in [0.2, 0.25) is 0 Å². The van der Waals surface area contributed by atoms with Gasteiger partial charge >= 0.3 is 6.03 Å². The Kier molecular flexibility index (Phi) is 5.29. The lowest BCUT2D eigenvalue weighted by molar-refractivity contribution is 0.193. The lowest BCUT2D eigenvalue weighted by Crippen LogP contribution is -2.46. The molecule has 1 N–H and O–H groups in total. The van der Waals surface area contributed by atoms with Crippen LogP contribution in [0.15, 0.2) is 0 Å². The first-order valence-electron chi connectivity index (χ1n) is 7.58. The lowest BCUT2D eigenvalue weighted by atomic mass is 10.2. The number of hydrogen-bond donors (Lipinski definition) is 1. The van der Waals surface area contributed by atoms with Gasteiger partial charge in [0.05, 0.1) is 0 Å². The second kappa shape index (κ2) is 6.98. The van der Waals surface area contributed by atoms with Gasteiger partial charge in [-0.15, -0.1) is 0 Å². The first kappa shape index (κ1) is 13.7. The first-order valence-corrected chi connectivity index (χ1v) is 7.58. The zero-order chi connectivity index (χ0) is 12.8. The predicted octanol–water partition coefficient (Wildman–Crippen LogP) is 2.06. The highest BCUT2D eigenvalue weighted by Gasteiger charge is 2.24. The van der Waals surface area contributed by atoms with Crippen LogP contribution in [0.4, 0.5) is 4.79 Å². The molecule has 104 valence electrons. The molecule has 0 aromatic carbocycles. The van der Waals surface area contributed by atoms with E-state index in [1.807, 2.05) is 4.90 Å². The van der Waals surface area contributed by atoms with E-state index in [1.165, 1.54) is 32.2 Å². The largest absolute Gasteiger partial charge is 0.336 e. The zero-order valence-corrected chi connectivity index (χ0v) is 11.7. The summed E-state index contributed by atoms with van der Waals surface area (Å²) >= 11 is 0. The number of carbonyl (C=O) groups excluding carboxylic acids is 1. The van der Waals surface area contributed by atoms with E-state index in [2.05, 4.69) is 17.1 Å². The Balaban J connectivity index is 1.73. The standard InChI is InChI=1S/C14H27N3O/c1-2-16-11-7-8-13(16)12-15-14(18)17-9-5-3-4-6-10-17/h13H,2-12H2,1H3,(H,15,18). The summed E-state index contributed by atoms with van der Waals surface area (Å²) in [6, 6.07) is 0.714. The van der Waals surface area contributed by atoms with Crippen molar-refractivity contribution in [2.75, 3.05) is 32.7 Å². The smallest absolute Gasteiger partial charge is 0.317 e. The van der Waals surface area contributed by atoms with Crippen LogP contribution in [0.5, 0.6) is 0 Å². The van der Waals surface area contributed by atoms with Gasteiger partial charge in [-0.05, 0) is 38.8 Å². The number of amides is 2. The van der Waals surface area contributed by atoms with Gasteiger partial charge in [0.25, 0.3) is 0 Å². The third kappa shape index (κ3) is 3.61. The summed E-state index contributed by atoms with van der Waals surface area (Å²) in [6.45, 7) is 7.20. The van der Waals surface area contributed by atoms with Crippen LogP contribution in [-0.4, -0.2) is 54.6 Å². The summed E-state index contributed by atoms with van der Waals surface area (Å²) in [4.78, 5) is 16.6. The van der Waals surface area contributed by atoms with Gasteiger partial charge in [0.1, 0.15) is 0 Å². The molecule has 0 spiro atoms. The topological polar surface area (TPSA) is 35.6 Å². The number of likely N-dealkylation sites (N-methyl/N-ethyl adjacent to an activating group) is 1. The molecule has 4 heteroatoms. The predicted molar refractivity (Wildman–Crippen MR) is 73.7 cm³/mol. The molecular weight excluding hydrogens is 226 g/mol. The molecule has 1 atom stereocenters. The fraction of sp³-hybridized carbons (Fsp3) is 0.929. The zero-order valence-electron chi connectivity index (χ0n) is 11.7. The third-order valence-electron chi connectivity index (χ3n) is 4.29. The average molecular weight is 253 g/mol. The monoisotopic (exact) mass is 253 g/mol. The van der Waals surface area contributed by atoms with Crippen LogP contribution in [0.1, 0.15) is 45.4 Å². The van der Waals surface area contributed by atoms with Crippen molar-refractivity contribution in [3.63, 3.8) is 0 Å². The number of nitrogens with zero attached hydrogens (tertiary/aromatic N) is 2. The Morgan fingerprint density at radius 1 is 1.11 bits per heavy atom. The second-order valence-electron chi connectivity index (χ2n) is 5.51. The fourth-order valence-corrected chi connectivity index (χ4v) is 3.13. The number of likely N-dealkylation sites (tertiary alicyclic amines) is 2. The van der Waals surface area contributed by atoms with Crippen LogP contribution in [0.3, 0.4) is 0 Å². The molecule has 2 fully saturated rings. The highest BCUT2D eigenvalue weighted by Crippen LogP contribution is 2.16. The molecule has 2 aliphatic heterocycles. The minimum atomic E-state index is 0.153. The Morgan fingerprint density at radius 2 is 1.83 bits per heavy atom. The molecule has 2 rings (SSSR count). The van der Waals surface area contributed by atoms with E-state index in [0.717, 1.165) is 39.0 Å². The first-order chi connectivity index (χ1) is 8.81. The van der Waals surface area contributed by atoms with Crippen molar-refractivity contribution in [1.29, 1.82) is 0 Å². The lowest BCUT2D eigenvalue weighted by Gasteiger charge is -2.26. The van der Waals surface area contributed by atoms with Gasteiger partial charge in [-0.1, -0.05) is 19.8 Å². The highest BCUT2D eigenvalue weighted by atomic mass is 16.2. The Hall–Kier alpha value is -0.770. The molecular formula is C14H27N3O. The van der Waals surface area contributed by atoms with E-state index in [0.29, 0.717) is 6.04 Å². The summed E-state index contributed by atoms with van der Waals surface area (Å²) in [7, 11) is 0. The minimum Gasteiger partial charge on any atom is -0.336 e. The molecule has 0 aromatic rings. The number of carbonyl (C=O) groups is 1. The summed E-state index contributed by atoms with van der Waals surface area (Å²) in [5.74, 6) is 0. The van der Waals surface area contributed by atoms with E-state index in [-0.39, 0.29) is 6.03 Å². The van der Waals surface area contributed by atoms with E-state index in [4.69, 9.17) is 0 Å². The molecule has 0 aromatic heterocycles. The average Bonchev–Trinajstić information content (AvgIpc) is 2.67. The minimum absolute atomic E-state index is 0.153. The van der Waals surface area contributed by atoms with Crippen LogP contribution in [0.2, 0.25) is 0 Å². The van der Waals surface area contributed by atoms with Gasteiger partial charge in [0, 0.05) is 25.7 Å². The van der Waals surface area contributed by atoms with E-state index < -0.39 is 0 Å². The molecule has 2 heterocycles. The van der Waals surface area contributed by atoms with Gasteiger partial charge in [0.15, 0.2) is 0 Å². The Bertz CT molecular complexity index is 262. The molecule has 0 saturated carbocycles. The maximum atomic E-state index is 12.1. The number of nitrogens with one attached hydrogen (secondary N) is 1. The Labute approximate surface area is 111 Å². The van der Waals surface area contributed by atoms with E-state index in [9.17, 15) is 4.79 Å². The SMILES string of the molecule is CCN1CCCC1CNC(=O)N1CCCCCC1. The number of hydrogen-bond acceptors (Lipinski definition) is 2. The molecule has 2 saturated heterocycles. The summed E-state index contributed by atoms with van der Waals surface area (Å²) in [5, 5.41) is 3.13. The van der Waals surface area contributed by atoms with E-state index in [1.54, 1.807) is 0 Å². The number of urea groups is 1. The van der Waals surface area contributed by atoms with Gasteiger partial charge in [-0.25, -0.2) is 4.79 Å². The fourth-order valence-electron chi connectivity index (χ4n) is 3.13. The van der Waals surface area contributed by atoms with Crippen LogP contribution >= 0.6 is 0 Å². The van der Waals surface area contributed by atoms with Gasteiger partial charge in [-0.2, -0.15) is 0 Å². The van der Waals surface area contributed by atoms with Crippen molar-refractivity contribution in [3.05, 3.63) is 0 Å². The van der Waals surface area contributed by atoms with Crippen molar-refractivity contribution in [2.45, 2.75) is 51.5 Å². The van der Waals surface area contributed by atoms with Crippen LogP contribution in [0.25, 0.3) is 0 Å². The quantitative estimate of drug-likeness (QED) is 0.835. The molecule has 0 aliphatic carbocycles. The molecule has 0 bridgehead atoms. The van der Waals surface area contributed by atoms with Gasteiger partial charge < -0.3 is 10.2 Å². The van der Waals surface area contributed by atoms with Crippen LogP contribution in [0, 0.1) is 0 Å². The molecule has 2 aliphatic rings. The summed E-state index contributed by atoms with van der Waals surface area (Å²) in [6.07, 6.45) is 7.38. The molecule has 4 nitrogen and oxygen atoms in total. The van der Waals surface area contributed by atoms with Crippen molar-refractivity contribution < 1.29 is 4.79 Å². The molecule has 2 amide bonds. The van der Waals surface area contributed by atoms with E-state index >= 15 is 0 Å². The molecule has 0 radical (unpaired) electrons.